The van der Waals surface area contributed by atoms with Crippen molar-refractivity contribution in [3.63, 3.8) is 0 Å². The second kappa shape index (κ2) is 7.80. The third kappa shape index (κ3) is 4.71. The third-order valence-electron chi connectivity index (χ3n) is 3.39. The van der Waals surface area contributed by atoms with Gasteiger partial charge in [0.15, 0.2) is 0 Å². The van der Waals surface area contributed by atoms with E-state index in [0.717, 1.165) is 0 Å². The van der Waals surface area contributed by atoms with Crippen molar-refractivity contribution in [2.45, 2.75) is 25.0 Å². The smallest absolute Gasteiger partial charge is 0.305 e. The molecule has 0 fully saturated rings. The van der Waals surface area contributed by atoms with Crippen LogP contribution in [0.2, 0.25) is 0 Å². The van der Waals surface area contributed by atoms with Gasteiger partial charge in [0.25, 0.3) is 0 Å². The van der Waals surface area contributed by atoms with Crippen molar-refractivity contribution in [2.75, 3.05) is 0 Å². The molecule has 8 heteroatoms. The highest BCUT2D eigenvalue weighted by molar-refractivity contribution is 5.69. The number of benzene rings is 1. The van der Waals surface area contributed by atoms with E-state index in [1.165, 1.54) is 22.9 Å². The average Bonchev–Trinajstić information content (AvgIpc) is 2.86. The van der Waals surface area contributed by atoms with Crippen molar-refractivity contribution in [3.05, 3.63) is 41.9 Å². The minimum absolute atomic E-state index is 0.0973. The number of aliphatic hydroxyl groups excluding tert-OH is 2. The maximum atomic E-state index is 13.0. The zero-order valence-corrected chi connectivity index (χ0v) is 13.0. The van der Waals surface area contributed by atoms with E-state index in [0.29, 0.717) is 17.0 Å². The number of halogens is 1. The van der Waals surface area contributed by atoms with Crippen LogP contribution < -0.4 is 0 Å². The first-order valence-electron chi connectivity index (χ1n) is 7.28. The highest BCUT2D eigenvalue weighted by Gasteiger charge is 2.15. The van der Waals surface area contributed by atoms with E-state index in [1.807, 2.05) is 0 Å². The molecule has 2 atom stereocenters. The molecule has 3 N–H and O–H groups in total. The van der Waals surface area contributed by atoms with Crippen LogP contribution in [-0.4, -0.2) is 48.5 Å². The molecule has 7 nitrogen and oxygen atoms in total. The maximum Gasteiger partial charge on any atom is 0.305 e. The summed E-state index contributed by atoms with van der Waals surface area (Å²) in [5.74, 6) is -1.49. The molecule has 0 spiro atoms. The number of carboxylic acid groups (broad SMARTS) is 1. The van der Waals surface area contributed by atoms with Crippen molar-refractivity contribution in [3.8, 4) is 11.3 Å². The molecule has 1 aromatic heterocycles. The molecule has 2 rings (SSSR count). The summed E-state index contributed by atoms with van der Waals surface area (Å²) in [4.78, 5) is 10.5. The molecule has 0 saturated carbocycles. The highest BCUT2D eigenvalue weighted by Crippen LogP contribution is 2.22. The molecule has 128 valence electrons. The van der Waals surface area contributed by atoms with E-state index < -0.39 is 24.6 Å². The zero-order chi connectivity index (χ0) is 17.7. The normalized spacial score (nSPS) is 14.0. The number of aromatic nitrogens is 3. The topological polar surface area (TPSA) is 108 Å². The van der Waals surface area contributed by atoms with Gasteiger partial charge in [0.05, 0.1) is 24.3 Å². The Morgan fingerprint density at radius 1 is 1.33 bits per heavy atom. The fraction of sp³-hybridized carbons (Fsp3) is 0.312. The molecule has 0 aliphatic heterocycles. The van der Waals surface area contributed by atoms with Gasteiger partial charge in [-0.2, -0.15) is 0 Å². The Hall–Kier alpha value is -2.58. The number of aliphatic hydroxyl groups is 2. The molecule has 1 aromatic carbocycles. The largest absolute Gasteiger partial charge is 0.481 e. The summed E-state index contributed by atoms with van der Waals surface area (Å²) < 4.78 is 14.5. The summed E-state index contributed by atoms with van der Waals surface area (Å²) in [5.41, 5.74) is 1.78. The van der Waals surface area contributed by atoms with Crippen LogP contribution in [0.1, 0.15) is 18.5 Å². The number of hydrogen-bond donors (Lipinski definition) is 3. The van der Waals surface area contributed by atoms with Gasteiger partial charge in [-0.1, -0.05) is 11.3 Å². The van der Waals surface area contributed by atoms with Gasteiger partial charge in [-0.15, -0.1) is 5.10 Å². The Balaban J connectivity index is 2.13. The van der Waals surface area contributed by atoms with Gasteiger partial charge in [0.2, 0.25) is 0 Å². The predicted molar refractivity (Wildman–Crippen MR) is 84.3 cm³/mol. The van der Waals surface area contributed by atoms with Gasteiger partial charge in [0, 0.05) is 19.0 Å². The SMILES string of the molecule is Cn1nnc(-c2ccc(F)cc2)c1/C=C/C(O)CC(O)CC(=O)O. The van der Waals surface area contributed by atoms with Gasteiger partial charge < -0.3 is 15.3 Å². The van der Waals surface area contributed by atoms with Crippen molar-refractivity contribution in [1.82, 2.24) is 15.0 Å². The minimum Gasteiger partial charge on any atom is -0.481 e. The fourth-order valence-electron chi connectivity index (χ4n) is 2.21. The van der Waals surface area contributed by atoms with Gasteiger partial charge in [-0.05, 0) is 30.3 Å². The lowest BCUT2D eigenvalue weighted by Crippen LogP contribution is -2.19. The number of hydrogen-bond acceptors (Lipinski definition) is 5. The van der Waals surface area contributed by atoms with Crippen LogP contribution in [0.15, 0.2) is 30.3 Å². The summed E-state index contributed by atoms with van der Waals surface area (Å²) in [6.45, 7) is 0. The van der Waals surface area contributed by atoms with Gasteiger partial charge >= 0.3 is 5.97 Å². The summed E-state index contributed by atoms with van der Waals surface area (Å²) >= 11 is 0. The van der Waals surface area contributed by atoms with Crippen LogP contribution in [0.4, 0.5) is 4.39 Å². The first kappa shape index (κ1) is 17.8. The molecule has 0 amide bonds. The Labute approximate surface area is 137 Å². The molecule has 0 saturated heterocycles. The lowest BCUT2D eigenvalue weighted by Gasteiger charge is -2.10. The average molecular weight is 335 g/mol. The van der Waals surface area contributed by atoms with Crippen LogP contribution in [0.3, 0.4) is 0 Å². The first-order chi connectivity index (χ1) is 11.4. The summed E-state index contributed by atoms with van der Waals surface area (Å²) in [6.07, 6.45) is 0.325. The molecule has 24 heavy (non-hydrogen) atoms. The van der Waals surface area contributed by atoms with Gasteiger partial charge in [-0.3, -0.25) is 4.79 Å². The van der Waals surface area contributed by atoms with E-state index in [9.17, 15) is 19.4 Å². The highest BCUT2D eigenvalue weighted by atomic mass is 19.1. The Kier molecular flexibility index (Phi) is 5.78. The number of rotatable bonds is 7. The van der Waals surface area contributed by atoms with E-state index in [1.54, 1.807) is 25.3 Å². The minimum atomic E-state index is -1.14. The summed E-state index contributed by atoms with van der Waals surface area (Å²) in [6, 6.07) is 5.77. The second-order valence-electron chi connectivity index (χ2n) is 5.37. The number of aryl methyl sites for hydroxylation is 1. The second-order valence-corrected chi connectivity index (χ2v) is 5.37. The first-order valence-corrected chi connectivity index (χ1v) is 7.28. The molecule has 0 aliphatic carbocycles. The quantitative estimate of drug-likeness (QED) is 0.702. The fourth-order valence-corrected chi connectivity index (χ4v) is 2.21. The van der Waals surface area contributed by atoms with Gasteiger partial charge in [0.1, 0.15) is 11.5 Å². The number of aliphatic carboxylic acids is 1. The maximum absolute atomic E-state index is 13.0. The molecular weight excluding hydrogens is 317 g/mol. The third-order valence-corrected chi connectivity index (χ3v) is 3.39. The standard InChI is InChI=1S/C16H18FN3O4/c1-20-14(7-6-12(21)8-13(22)9-15(23)24)16(18-19-20)10-2-4-11(17)5-3-10/h2-7,12-13,21-22H,8-9H2,1H3,(H,23,24)/b7-6+. The number of carboxylic acids is 1. The van der Waals surface area contributed by atoms with Crippen molar-refractivity contribution >= 4 is 12.0 Å². The molecule has 0 aliphatic rings. The molecule has 0 bridgehead atoms. The van der Waals surface area contributed by atoms with Crippen LogP contribution in [-0.2, 0) is 11.8 Å². The monoisotopic (exact) mass is 335 g/mol. The van der Waals surface area contributed by atoms with Crippen molar-refractivity contribution in [1.29, 1.82) is 0 Å². The van der Waals surface area contributed by atoms with E-state index in [-0.39, 0.29) is 12.2 Å². The van der Waals surface area contributed by atoms with Crippen LogP contribution in [0, 0.1) is 5.82 Å². The predicted octanol–water partition coefficient (Wildman–Crippen LogP) is 1.22. The molecular formula is C16H18FN3O4. The van der Waals surface area contributed by atoms with Crippen LogP contribution in [0.25, 0.3) is 17.3 Å². The van der Waals surface area contributed by atoms with E-state index in [2.05, 4.69) is 10.3 Å². The Bertz CT molecular complexity index is 727. The molecule has 0 radical (unpaired) electrons. The zero-order valence-electron chi connectivity index (χ0n) is 13.0. The van der Waals surface area contributed by atoms with Gasteiger partial charge in [-0.25, -0.2) is 9.07 Å². The molecule has 2 unspecified atom stereocenters. The van der Waals surface area contributed by atoms with Crippen LogP contribution in [0.5, 0.6) is 0 Å². The lowest BCUT2D eigenvalue weighted by molar-refractivity contribution is -0.139. The lowest BCUT2D eigenvalue weighted by atomic mass is 10.1. The number of nitrogens with zero attached hydrogens (tertiary/aromatic N) is 3. The molecule has 2 aromatic rings. The summed E-state index contributed by atoms with van der Waals surface area (Å²) in [5, 5.41) is 35.9. The van der Waals surface area contributed by atoms with Crippen LogP contribution >= 0.6 is 0 Å². The number of carbonyl (C=O) groups is 1. The molecule has 1 heterocycles. The van der Waals surface area contributed by atoms with Crippen molar-refractivity contribution in [2.24, 2.45) is 7.05 Å². The summed E-state index contributed by atoms with van der Waals surface area (Å²) in [7, 11) is 1.67. The Morgan fingerprint density at radius 3 is 2.62 bits per heavy atom. The van der Waals surface area contributed by atoms with E-state index >= 15 is 0 Å². The van der Waals surface area contributed by atoms with Crippen molar-refractivity contribution < 1.29 is 24.5 Å². The van der Waals surface area contributed by atoms with E-state index in [4.69, 9.17) is 5.11 Å². The Morgan fingerprint density at radius 2 is 2.00 bits per heavy atom.